The van der Waals surface area contributed by atoms with Gasteiger partial charge in [0.25, 0.3) is 0 Å². The fourth-order valence-corrected chi connectivity index (χ4v) is 8.60. The molecule has 8 heteroatoms. The largest absolute Gasteiger partial charge is 0.307 e. The van der Waals surface area contributed by atoms with Gasteiger partial charge in [0.1, 0.15) is 0 Å². The van der Waals surface area contributed by atoms with E-state index in [2.05, 4.69) is 94.1 Å². The van der Waals surface area contributed by atoms with Crippen LogP contribution in [0.5, 0.6) is 0 Å². The molecule has 0 bridgehead atoms. The third kappa shape index (κ3) is 5.92. The lowest BCUT2D eigenvalue weighted by molar-refractivity contribution is 0.953. The number of nitrogens with zero attached hydrogens (tertiary/aromatic N) is 8. The van der Waals surface area contributed by atoms with Gasteiger partial charge >= 0.3 is 0 Å². The molecule has 0 aliphatic carbocycles. The molecule has 290 valence electrons. The summed E-state index contributed by atoms with van der Waals surface area (Å²) >= 11 is 0. The van der Waals surface area contributed by atoms with Crippen LogP contribution >= 0.6 is 0 Å². The molecule has 0 fully saturated rings. The van der Waals surface area contributed by atoms with Crippen molar-refractivity contribution in [3.05, 3.63) is 206 Å². The monoisotopic (exact) mass is 794 g/mol. The first-order valence-corrected chi connectivity index (χ1v) is 20.6. The summed E-state index contributed by atoms with van der Waals surface area (Å²) in [5.74, 6) is 3.56. The SMILES string of the molecule is c1ccc(-c2nc(-c3ccccc3)nc(-c3cccc(-n4c5ccccc5c5ccc6c7ccccc7n(-c7nc(-c8ccccc8)nc(-c8ccccc8)n7)c6c54)c3)n2)cc1. The van der Waals surface area contributed by atoms with Crippen molar-refractivity contribution in [1.82, 2.24) is 39.0 Å². The Kier molecular flexibility index (Phi) is 8.31. The zero-order valence-corrected chi connectivity index (χ0v) is 33.2. The van der Waals surface area contributed by atoms with Crippen LogP contribution in [-0.4, -0.2) is 39.0 Å². The first-order chi connectivity index (χ1) is 30.7. The maximum atomic E-state index is 5.26. The molecule has 0 saturated heterocycles. The van der Waals surface area contributed by atoms with Crippen LogP contribution in [0.3, 0.4) is 0 Å². The molecular formula is C54H34N8. The van der Waals surface area contributed by atoms with Gasteiger partial charge in [0.15, 0.2) is 29.1 Å². The average molecular weight is 795 g/mol. The molecule has 0 radical (unpaired) electrons. The Labute approximate surface area is 356 Å². The summed E-state index contributed by atoms with van der Waals surface area (Å²) in [7, 11) is 0. The molecule has 0 aliphatic heterocycles. The summed E-state index contributed by atoms with van der Waals surface area (Å²) in [4.78, 5) is 30.7. The molecular weight excluding hydrogens is 761 g/mol. The number of benzene rings is 8. The molecule has 4 heterocycles. The van der Waals surface area contributed by atoms with Gasteiger partial charge in [-0.25, -0.2) is 19.9 Å². The van der Waals surface area contributed by atoms with E-state index in [9.17, 15) is 0 Å². The van der Waals surface area contributed by atoms with Crippen molar-refractivity contribution in [2.24, 2.45) is 0 Å². The summed E-state index contributed by atoms with van der Waals surface area (Å²) in [6.07, 6.45) is 0. The Morgan fingerprint density at radius 3 is 1.08 bits per heavy atom. The minimum atomic E-state index is 0.536. The highest BCUT2D eigenvalue weighted by atomic mass is 15.2. The van der Waals surface area contributed by atoms with Gasteiger partial charge in [-0.1, -0.05) is 182 Å². The number of fused-ring (bicyclic) bond motifs is 7. The topological polar surface area (TPSA) is 87.2 Å². The predicted octanol–water partition coefficient (Wildman–Crippen LogP) is 12.6. The maximum absolute atomic E-state index is 5.26. The second kappa shape index (κ2) is 14.6. The lowest BCUT2D eigenvalue weighted by Crippen LogP contribution is -2.07. The Hall–Kier alpha value is -8.62. The Balaban J connectivity index is 1.14. The van der Waals surface area contributed by atoms with E-state index in [4.69, 9.17) is 29.9 Å². The molecule has 12 aromatic rings. The summed E-state index contributed by atoms with van der Waals surface area (Å²) < 4.78 is 4.58. The molecule has 0 spiro atoms. The lowest BCUT2D eigenvalue weighted by atomic mass is 10.1. The first-order valence-electron chi connectivity index (χ1n) is 20.6. The van der Waals surface area contributed by atoms with Crippen LogP contribution in [0.25, 0.3) is 112 Å². The third-order valence-electron chi connectivity index (χ3n) is 11.4. The standard InChI is InChI=1S/C54H34N8/c1-5-18-35(19-6-1)49-55-50(36-20-7-2-8-21-36)57-53(56-49)39-26-17-27-40(34-39)61-45-30-15-13-28-41(45)43-32-33-44-42-29-14-16-31-46(42)62(48(44)47(43)61)54-59-51(37-22-9-3-10-23-37)58-52(60-54)38-24-11-4-12-25-38/h1-34H. The summed E-state index contributed by atoms with van der Waals surface area (Å²) in [6.45, 7) is 0. The molecule has 4 aromatic heterocycles. The molecule has 12 rings (SSSR count). The molecule has 0 aliphatic rings. The lowest BCUT2D eigenvalue weighted by Gasteiger charge is -2.14. The molecule has 0 saturated carbocycles. The minimum Gasteiger partial charge on any atom is -0.307 e. The summed E-state index contributed by atoms with van der Waals surface area (Å²) in [5, 5.41) is 4.44. The Morgan fingerprint density at radius 2 is 0.613 bits per heavy atom. The number of hydrogen-bond acceptors (Lipinski definition) is 6. The zero-order valence-electron chi connectivity index (χ0n) is 33.2. The zero-order chi connectivity index (χ0) is 41.0. The van der Waals surface area contributed by atoms with Gasteiger partial charge in [0, 0.05) is 55.0 Å². The van der Waals surface area contributed by atoms with Crippen molar-refractivity contribution in [2.75, 3.05) is 0 Å². The van der Waals surface area contributed by atoms with Crippen molar-refractivity contribution < 1.29 is 0 Å². The van der Waals surface area contributed by atoms with Crippen molar-refractivity contribution >= 4 is 43.6 Å². The van der Waals surface area contributed by atoms with Crippen LogP contribution in [-0.2, 0) is 0 Å². The second-order valence-electron chi connectivity index (χ2n) is 15.2. The fraction of sp³-hybridized carbons (Fsp3) is 0. The maximum Gasteiger partial charge on any atom is 0.238 e. The highest BCUT2D eigenvalue weighted by Crippen LogP contribution is 2.42. The fourth-order valence-electron chi connectivity index (χ4n) is 8.60. The van der Waals surface area contributed by atoms with Gasteiger partial charge in [0.05, 0.1) is 22.1 Å². The van der Waals surface area contributed by atoms with Crippen molar-refractivity contribution in [3.8, 4) is 68.6 Å². The second-order valence-corrected chi connectivity index (χ2v) is 15.2. The van der Waals surface area contributed by atoms with Gasteiger partial charge in [-0.05, 0) is 24.3 Å². The molecule has 0 atom stereocenters. The van der Waals surface area contributed by atoms with E-state index in [1.165, 1.54) is 0 Å². The van der Waals surface area contributed by atoms with E-state index >= 15 is 0 Å². The van der Waals surface area contributed by atoms with Gasteiger partial charge in [-0.2, -0.15) is 9.97 Å². The van der Waals surface area contributed by atoms with Crippen molar-refractivity contribution in [2.45, 2.75) is 0 Å². The van der Waals surface area contributed by atoms with Crippen LogP contribution in [0.1, 0.15) is 0 Å². The van der Waals surface area contributed by atoms with Crippen LogP contribution < -0.4 is 0 Å². The normalized spacial score (nSPS) is 11.5. The number of hydrogen-bond donors (Lipinski definition) is 0. The first kappa shape index (κ1) is 35.3. The van der Waals surface area contributed by atoms with E-state index in [1.54, 1.807) is 0 Å². The number of para-hydroxylation sites is 2. The Bertz CT molecular complexity index is 3500. The van der Waals surface area contributed by atoms with Crippen LogP contribution in [0.2, 0.25) is 0 Å². The van der Waals surface area contributed by atoms with E-state index < -0.39 is 0 Å². The molecule has 0 amide bonds. The van der Waals surface area contributed by atoms with Crippen LogP contribution in [0.4, 0.5) is 0 Å². The molecule has 8 aromatic carbocycles. The minimum absolute atomic E-state index is 0.536. The highest BCUT2D eigenvalue weighted by Gasteiger charge is 2.24. The molecule has 0 N–H and O–H groups in total. The smallest absolute Gasteiger partial charge is 0.238 e. The quantitative estimate of drug-likeness (QED) is 0.160. The van der Waals surface area contributed by atoms with Crippen LogP contribution in [0, 0.1) is 0 Å². The van der Waals surface area contributed by atoms with Crippen molar-refractivity contribution in [1.29, 1.82) is 0 Å². The molecule has 0 unspecified atom stereocenters. The van der Waals surface area contributed by atoms with Gasteiger partial charge < -0.3 is 4.57 Å². The molecule has 8 nitrogen and oxygen atoms in total. The van der Waals surface area contributed by atoms with Crippen molar-refractivity contribution in [3.63, 3.8) is 0 Å². The van der Waals surface area contributed by atoms with E-state index in [-0.39, 0.29) is 0 Å². The average Bonchev–Trinajstić information content (AvgIpc) is 3.88. The van der Waals surface area contributed by atoms with Gasteiger partial charge in [0.2, 0.25) is 5.95 Å². The number of rotatable bonds is 7. The summed E-state index contributed by atoms with van der Waals surface area (Å²) in [6, 6.07) is 70.5. The van der Waals surface area contributed by atoms with E-state index in [0.29, 0.717) is 35.1 Å². The highest BCUT2D eigenvalue weighted by molar-refractivity contribution is 6.23. The van der Waals surface area contributed by atoms with Gasteiger partial charge in [-0.3, -0.25) is 4.57 Å². The van der Waals surface area contributed by atoms with Gasteiger partial charge in [-0.15, -0.1) is 0 Å². The van der Waals surface area contributed by atoms with E-state index in [0.717, 1.165) is 77.1 Å². The Morgan fingerprint density at radius 1 is 0.258 bits per heavy atom. The number of aromatic nitrogens is 8. The van der Waals surface area contributed by atoms with Crippen LogP contribution in [0.15, 0.2) is 206 Å². The predicted molar refractivity (Wildman–Crippen MR) is 249 cm³/mol. The third-order valence-corrected chi connectivity index (χ3v) is 11.4. The van der Waals surface area contributed by atoms with E-state index in [1.807, 2.05) is 121 Å². The summed E-state index contributed by atoms with van der Waals surface area (Å²) in [5.41, 5.74) is 9.60. The molecule has 62 heavy (non-hydrogen) atoms.